The van der Waals surface area contributed by atoms with E-state index in [2.05, 4.69) is 46.4 Å². The Balaban J connectivity index is 1.84. The molecule has 156 valence electrons. The standard InChI is InChI=1S/C23H23IN2O3S/c1-4-11-29-21-18(24)12-16(13-19(21)28-6-3)14-20-22(27)26-23(30-20)25-17-9-7-15(5-2)8-10-17/h4,7-10,12-14H,1,5-6,11H2,2-3H3,(H,25,26,27)/b20-14-. The number of benzene rings is 2. The number of ether oxygens (including phenoxy) is 2. The number of aliphatic imine (C=N–C) groups is 1. The molecule has 1 aliphatic rings. The Kier molecular flexibility index (Phi) is 7.98. The zero-order valence-electron chi connectivity index (χ0n) is 16.9. The van der Waals surface area contributed by atoms with E-state index in [4.69, 9.17) is 9.47 Å². The van der Waals surface area contributed by atoms with Crippen molar-refractivity contribution in [1.29, 1.82) is 0 Å². The molecule has 2 aromatic carbocycles. The minimum absolute atomic E-state index is 0.163. The van der Waals surface area contributed by atoms with Gasteiger partial charge in [-0.1, -0.05) is 31.7 Å². The molecule has 0 aliphatic carbocycles. The second-order valence-electron chi connectivity index (χ2n) is 6.36. The van der Waals surface area contributed by atoms with Crippen molar-refractivity contribution in [2.45, 2.75) is 20.3 Å². The molecular weight excluding hydrogens is 511 g/mol. The van der Waals surface area contributed by atoms with Crippen LogP contribution in [0.25, 0.3) is 6.08 Å². The van der Waals surface area contributed by atoms with Gasteiger partial charge < -0.3 is 14.8 Å². The first-order valence-corrected chi connectivity index (χ1v) is 11.5. The monoisotopic (exact) mass is 534 g/mol. The number of halogens is 1. The number of rotatable bonds is 8. The lowest BCUT2D eigenvalue weighted by molar-refractivity contribution is -0.115. The Morgan fingerprint density at radius 3 is 2.63 bits per heavy atom. The minimum atomic E-state index is -0.163. The molecule has 1 heterocycles. The first kappa shape index (κ1) is 22.4. The van der Waals surface area contributed by atoms with Gasteiger partial charge in [-0.25, -0.2) is 4.99 Å². The zero-order valence-corrected chi connectivity index (χ0v) is 19.9. The molecule has 5 nitrogen and oxygen atoms in total. The fourth-order valence-corrected chi connectivity index (χ4v) is 4.39. The Morgan fingerprint density at radius 1 is 1.20 bits per heavy atom. The highest BCUT2D eigenvalue weighted by Crippen LogP contribution is 2.36. The van der Waals surface area contributed by atoms with Crippen LogP contribution in [0.15, 0.2) is 59.0 Å². The Labute approximate surface area is 194 Å². The van der Waals surface area contributed by atoms with Gasteiger partial charge in [0.25, 0.3) is 5.91 Å². The van der Waals surface area contributed by atoms with Gasteiger partial charge in [-0.15, -0.1) is 0 Å². The minimum Gasteiger partial charge on any atom is -0.490 e. The fourth-order valence-electron chi connectivity index (χ4n) is 2.77. The van der Waals surface area contributed by atoms with Crippen LogP contribution in [-0.4, -0.2) is 24.3 Å². The Hall–Kier alpha value is -2.26. The molecule has 0 bridgehead atoms. The number of aryl methyl sites for hydroxylation is 1. The van der Waals surface area contributed by atoms with Gasteiger partial charge in [0, 0.05) is 0 Å². The Bertz CT molecular complexity index is 1000. The molecule has 1 amide bonds. The van der Waals surface area contributed by atoms with Crippen molar-refractivity contribution in [3.05, 3.63) is 68.7 Å². The van der Waals surface area contributed by atoms with Crippen LogP contribution < -0.4 is 14.8 Å². The van der Waals surface area contributed by atoms with E-state index in [1.54, 1.807) is 6.08 Å². The Morgan fingerprint density at radius 2 is 1.97 bits per heavy atom. The lowest BCUT2D eigenvalue weighted by atomic mass is 10.2. The van der Waals surface area contributed by atoms with Crippen LogP contribution >= 0.6 is 34.4 Å². The van der Waals surface area contributed by atoms with Crippen molar-refractivity contribution in [2.24, 2.45) is 4.99 Å². The molecular formula is C23H23IN2O3S. The summed E-state index contributed by atoms with van der Waals surface area (Å²) in [7, 11) is 0. The van der Waals surface area contributed by atoms with Crippen LogP contribution in [0.4, 0.5) is 5.69 Å². The number of nitrogens with one attached hydrogen (secondary N) is 1. The molecule has 30 heavy (non-hydrogen) atoms. The van der Waals surface area contributed by atoms with E-state index in [-0.39, 0.29) is 5.91 Å². The molecule has 7 heteroatoms. The number of thioether (sulfide) groups is 1. The predicted molar refractivity (Wildman–Crippen MR) is 133 cm³/mol. The van der Waals surface area contributed by atoms with Gasteiger partial charge in [-0.2, -0.15) is 0 Å². The summed E-state index contributed by atoms with van der Waals surface area (Å²) in [6, 6.07) is 11.8. The molecule has 0 atom stereocenters. The maximum absolute atomic E-state index is 12.4. The molecule has 1 saturated heterocycles. The van der Waals surface area contributed by atoms with Crippen molar-refractivity contribution in [3.8, 4) is 11.5 Å². The summed E-state index contributed by atoms with van der Waals surface area (Å²) in [5, 5.41) is 3.40. The topological polar surface area (TPSA) is 59.9 Å². The number of amidine groups is 1. The second-order valence-corrected chi connectivity index (χ2v) is 8.56. The van der Waals surface area contributed by atoms with E-state index in [0.717, 1.165) is 21.2 Å². The quantitative estimate of drug-likeness (QED) is 0.268. The van der Waals surface area contributed by atoms with Crippen molar-refractivity contribution >= 4 is 57.2 Å². The van der Waals surface area contributed by atoms with Crippen LogP contribution in [0.2, 0.25) is 0 Å². The van der Waals surface area contributed by atoms with Crippen LogP contribution in [0.5, 0.6) is 11.5 Å². The van der Waals surface area contributed by atoms with E-state index in [9.17, 15) is 4.79 Å². The van der Waals surface area contributed by atoms with Crippen molar-refractivity contribution in [2.75, 3.05) is 13.2 Å². The number of hydrogen-bond acceptors (Lipinski definition) is 5. The largest absolute Gasteiger partial charge is 0.490 e. The first-order chi connectivity index (χ1) is 14.5. The molecule has 0 aromatic heterocycles. The van der Waals surface area contributed by atoms with Gasteiger partial charge in [0.1, 0.15) is 6.61 Å². The van der Waals surface area contributed by atoms with Crippen molar-refractivity contribution in [1.82, 2.24) is 5.32 Å². The smallest absolute Gasteiger partial charge is 0.264 e. The predicted octanol–water partition coefficient (Wildman–Crippen LogP) is 5.71. The normalized spacial score (nSPS) is 16.0. The number of amides is 1. The van der Waals surface area contributed by atoms with Gasteiger partial charge in [-0.3, -0.25) is 4.79 Å². The van der Waals surface area contributed by atoms with E-state index >= 15 is 0 Å². The number of nitrogens with zero attached hydrogens (tertiary/aromatic N) is 1. The molecule has 1 N–H and O–H groups in total. The summed E-state index contributed by atoms with van der Waals surface area (Å²) in [6.45, 7) is 8.63. The highest BCUT2D eigenvalue weighted by molar-refractivity contribution is 14.1. The molecule has 1 aliphatic heterocycles. The lowest BCUT2D eigenvalue weighted by Crippen LogP contribution is -2.19. The van der Waals surface area contributed by atoms with Crippen LogP contribution in [0, 0.1) is 3.57 Å². The summed E-state index contributed by atoms with van der Waals surface area (Å²) in [6.07, 6.45) is 4.51. The number of carbonyl (C=O) groups is 1. The molecule has 0 unspecified atom stereocenters. The number of carbonyl (C=O) groups excluding carboxylic acids is 1. The fraction of sp³-hybridized carbons (Fsp3) is 0.217. The molecule has 0 spiro atoms. The first-order valence-electron chi connectivity index (χ1n) is 9.62. The summed E-state index contributed by atoms with van der Waals surface area (Å²) in [5.74, 6) is 1.16. The van der Waals surface area contributed by atoms with Gasteiger partial charge in [0.15, 0.2) is 16.7 Å². The van der Waals surface area contributed by atoms with E-state index < -0.39 is 0 Å². The third-order valence-electron chi connectivity index (χ3n) is 4.20. The van der Waals surface area contributed by atoms with Crippen LogP contribution in [0.1, 0.15) is 25.0 Å². The van der Waals surface area contributed by atoms with E-state index in [1.807, 2.05) is 49.4 Å². The van der Waals surface area contributed by atoms with Crippen LogP contribution in [0.3, 0.4) is 0 Å². The highest BCUT2D eigenvalue weighted by atomic mass is 127. The summed E-state index contributed by atoms with van der Waals surface area (Å²) in [5.41, 5.74) is 2.93. The van der Waals surface area contributed by atoms with Gasteiger partial charge in [0.05, 0.1) is 20.8 Å². The second kappa shape index (κ2) is 10.7. The third kappa shape index (κ3) is 5.66. The molecule has 2 aromatic rings. The molecule has 0 radical (unpaired) electrons. The molecule has 1 fully saturated rings. The van der Waals surface area contributed by atoms with E-state index in [1.165, 1.54) is 17.3 Å². The summed E-state index contributed by atoms with van der Waals surface area (Å²) in [4.78, 5) is 17.6. The zero-order chi connectivity index (χ0) is 21.5. The summed E-state index contributed by atoms with van der Waals surface area (Å²) < 4.78 is 12.4. The lowest BCUT2D eigenvalue weighted by Gasteiger charge is -2.13. The maximum atomic E-state index is 12.4. The summed E-state index contributed by atoms with van der Waals surface area (Å²) >= 11 is 3.53. The van der Waals surface area contributed by atoms with Gasteiger partial charge in [0.2, 0.25) is 0 Å². The van der Waals surface area contributed by atoms with Crippen molar-refractivity contribution in [3.63, 3.8) is 0 Å². The third-order valence-corrected chi connectivity index (χ3v) is 5.91. The van der Waals surface area contributed by atoms with E-state index in [0.29, 0.717) is 34.8 Å². The highest BCUT2D eigenvalue weighted by Gasteiger charge is 2.24. The SMILES string of the molecule is C=CCOc1c(I)cc(/C=C2\SC(=Nc3ccc(CC)cc3)NC2=O)cc1OCC. The molecule has 0 saturated carbocycles. The number of hydrogen-bond donors (Lipinski definition) is 1. The van der Waals surface area contributed by atoms with Gasteiger partial charge >= 0.3 is 0 Å². The van der Waals surface area contributed by atoms with Crippen LogP contribution in [-0.2, 0) is 11.2 Å². The van der Waals surface area contributed by atoms with Crippen molar-refractivity contribution < 1.29 is 14.3 Å². The average molecular weight is 534 g/mol. The van der Waals surface area contributed by atoms with Gasteiger partial charge in [-0.05, 0) is 89.2 Å². The maximum Gasteiger partial charge on any atom is 0.264 e. The molecule has 3 rings (SSSR count). The average Bonchev–Trinajstić information content (AvgIpc) is 3.07.